The Hall–Kier alpha value is -0.480. The molecule has 0 aromatic carbocycles. The number of azo groups is 1. The first-order valence-corrected chi connectivity index (χ1v) is 6.83. The Kier molecular flexibility index (Phi) is 1.82. The van der Waals surface area contributed by atoms with E-state index in [2.05, 4.69) is 20.9 Å². The molecule has 2 aliphatic carbocycles. The van der Waals surface area contributed by atoms with Crippen LogP contribution in [0.2, 0.25) is 0 Å². The van der Waals surface area contributed by atoms with Gasteiger partial charge >= 0.3 is 0 Å². The third kappa shape index (κ3) is 1.29. The second kappa shape index (κ2) is 3.05. The molecule has 2 aliphatic heterocycles. The van der Waals surface area contributed by atoms with E-state index in [1.54, 1.807) is 0 Å². The van der Waals surface area contributed by atoms with Gasteiger partial charge in [0.15, 0.2) is 0 Å². The molecule has 0 radical (unpaired) electrons. The number of hydrogen-bond donors (Lipinski definition) is 2. The van der Waals surface area contributed by atoms with Gasteiger partial charge in [0.2, 0.25) is 0 Å². The first kappa shape index (κ1) is 9.54. The van der Waals surface area contributed by atoms with Crippen molar-refractivity contribution in [3.63, 3.8) is 0 Å². The summed E-state index contributed by atoms with van der Waals surface area (Å²) in [5.41, 5.74) is 0.137. The molecule has 16 heavy (non-hydrogen) atoms. The molecular weight excluding hydrogens is 200 g/mol. The number of nitrogens with one attached hydrogen (secondary N) is 2. The third-order valence-electron chi connectivity index (χ3n) is 4.84. The van der Waals surface area contributed by atoms with E-state index in [4.69, 9.17) is 0 Å². The predicted molar refractivity (Wildman–Crippen MR) is 61.1 cm³/mol. The number of rotatable bonds is 2. The van der Waals surface area contributed by atoms with E-state index in [0.29, 0.717) is 12.1 Å². The molecule has 4 fully saturated rings. The quantitative estimate of drug-likeness (QED) is 0.551. The predicted octanol–water partition coefficient (Wildman–Crippen LogP) is 1.92. The molecule has 0 amide bonds. The van der Waals surface area contributed by atoms with Crippen LogP contribution in [-0.4, -0.2) is 23.4 Å². The van der Waals surface area contributed by atoms with Crippen LogP contribution in [-0.2, 0) is 0 Å². The Morgan fingerprint density at radius 3 is 1.69 bits per heavy atom. The summed E-state index contributed by atoms with van der Waals surface area (Å²) in [4.78, 5) is 0. The first-order valence-electron chi connectivity index (χ1n) is 6.83. The topological polar surface area (TPSA) is 68.6 Å². The van der Waals surface area contributed by atoms with Crippen LogP contribution >= 0.6 is 0 Å². The fourth-order valence-electron chi connectivity index (χ4n) is 3.60. The average molecular weight is 220 g/mol. The molecule has 4 nitrogen and oxygen atoms in total. The van der Waals surface area contributed by atoms with Crippen LogP contribution in [0.1, 0.15) is 51.4 Å². The maximum Gasteiger partial charge on any atom is 0.147 e. The van der Waals surface area contributed by atoms with Gasteiger partial charge in [0.25, 0.3) is 0 Å². The third-order valence-corrected chi connectivity index (χ3v) is 4.84. The van der Waals surface area contributed by atoms with Crippen molar-refractivity contribution in [2.75, 3.05) is 0 Å². The van der Waals surface area contributed by atoms with Gasteiger partial charge in [-0.25, -0.2) is 0 Å². The highest BCUT2D eigenvalue weighted by atomic mass is 15.5. The number of hydrogen-bond acceptors (Lipinski definition) is 4. The van der Waals surface area contributed by atoms with Crippen molar-refractivity contribution in [2.45, 2.75) is 74.8 Å². The first-order chi connectivity index (χ1) is 7.83. The summed E-state index contributed by atoms with van der Waals surface area (Å²) in [6.45, 7) is 0. The van der Waals surface area contributed by atoms with E-state index in [-0.39, 0.29) is 11.3 Å². The fraction of sp³-hybridized carbons (Fsp3) is 1.00. The molecule has 4 rings (SSSR count). The Balaban J connectivity index is 1.47. The molecule has 0 aromatic heterocycles. The Morgan fingerprint density at radius 2 is 1.25 bits per heavy atom. The van der Waals surface area contributed by atoms with Crippen molar-refractivity contribution >= 4 is 0 Å². The lowest BCUT2D eigenvalue weighted by molar-refractivity contribution is 0.402. The molecular formula is C12H20N4. The lowest BCUT2D eigenvalue weighted by Gasteiger charge is -2.17. The van der Waals surface area contributed by atoms with Gasteiger partial charge < -0.3 is 0 Å². The van der Waals surface area contributed by atoms with Crippen molar-refractivity contribution in [3.05, 3.63) is 0 Å². The summed E-state index contributed by atoms with van der Waals surface area (Å²) in [6, 6.07) is 1.28. The molecule has 4 unspecified atom stereocenters. The average Bonchev–Trinajstić information content (AvgIpc) is 3.20. The highest BCUT2D eigenvalue weighted by molar-refractivity contribution is 5.17. The van der Waals surface area contributed by atoms with E-state index >= 15 is 0 Å². The lowest BCUT2D eigenvalue weighted by Crippen LogP contribution is -2.21. The molecule has 4 aliphatic rings. The summed E-state index contributed by atoms with van der Waals surface area (Å²) >= 11 is 0. The fourth-order valence-corrected chi connectivity index (χ4v) is 3.60. The molecule has 0 aromatic rings. The minimum Gasteiger partial charge on any atom is -0.284 e. The Morgan fingerprint density at radius 1 is 0.750 bits per heavy atom. The van der Waals surface area contributed by atoms with Gasteiger partial charge in [-0.15, -0.1) is 0 Å². The Bertz CT molecular complexity index is 310. The summed E-state index contributed by atoms with van der Waals surface area (Å²) in [7, 11) is 0. The summed E-state index contributed by atoms with van der Waals surface area (Å²) < 4.78 is 0. The van der Waals surface area contributed by atoms with E-state index in [9.17, 15) is 0 Å². The molecule has 2 heterocycles. The van der Waals surface area contributed by atoms with Crippen LogP contribution < -0.4 is 10.6 Å². The van der Waals surface area contributed by atoms with Crippen molar-refractivity contribution in [1.82, 2.24) is 10.6 Å². The normalized spacial score (nSPS) is 54.5. The molecule has 0 spiro atoms. The SMILES string of the molecule is C1CCC2(N=NC34CCCCC3N4)NC2C1. The number of fused-ring (bicyclic) bond motifs is 2. The number of nitrogens with zero attached hydrogens (tertiary/aromatic N) is 2. The Labute approximate surface area is 96.3 Å². The van der Waals surface area contributed by atoms with E-state index in [1.807, 2.05) is 0 Å². The van der Waals surface area contributed by atoms with Gasteiger partial charge in [-0.1, -0.05) is 12.8 Å². The monoisotopic (exact) mass is 220 g/mol. The van der Waals surface area contributed by atoms with Crippen molar-refractivity contribution in [1.29, 1.82) is 0 Å². The van der Waals surface area contributed by atoms with Crippen LogP contribution in [0.3, 0.4) is 0 Å². The molecule has 2 saturated carbocycles. The van der Waals surface area contributed by atoms with Crippen LogP contribution in [0.15, 0.2) is 10.2 Å². The maximum atomic E-state index is 4.68. The van der Waals surface area contributed by atoms with E-state index < -0.39 is 0 Å². The molecule has 0 bridgehead atoms. The lowest BCUT2D eigenvalue weighted by atomic mass is 9.95. The van der Waals surface area contributed by atoms with Gasteiger partial charge in [-0.2, -0.15) is 10.2 Å². The van der Waals surface area contributed by atoms with Gasteiger partial charge in [0.1, 0.15) is 11.3 Å². The minimum absolute atomic E-state index is 0.0687. The van der Waals surface area contributed by atoms with Crippen LogP contribution in [0.5, 0.6) is 0 Å². The van der Waals surface area contributed by atoms with Crippen molar-refractivity contribution < 1.29 is 0 Å². The second-order valence-electron chi connectivity index (χ2n) is 5.93. The van der Waals surface area contributed by atoms with Crippen molar-refractivity contribution in [3.8, 4) is 0 Å². The molecule has 4 atom stereocenters. The van der Waals surface area contributed by atoms with Crippen LogP contribution in [0, 0.1) is 0 Å². The van der Waals surface area contributed by atoms with Crippen LogP contribution in [0.25, 0.3) is 0 Å². The standard InChI is InChI=1S/C12H20N4/c1-3-7-11(9(5-1)13-11)15-16-12-8-4-2-6-10(12)14-12/h9-10,13-14H,1-8H2. The van der Waals surface area contributed by atoms with Crippen molar-refractivity contribution in [2.24, 2.45) is 10.2 Å². The van der Waals surface area contributed by atoms with Gasteiger partial charge in [-0.3, -0.25) is 10.6 Å². The van der Waals surface area contributed by atoms with Crippen LogP contribution in [0.4, 0.5) is 0 Å². The van der Waals surface area contributed by atoms with E-state index in [0.717, 1.165) is 0 Å². The summed E-state index contributed by atoms with van der Waals surface area (Å²) in [5, 5.41) is 16.4. The minimum atomic E-state index is 0.0687. The highest BCUT2D eigenvalue weighted by Crippen LogP contribution is 2.45. The van der Waals surface area contributed by atoms with E-state index in [1.165, 1.54) is 51.4 Å². The molecule has 4 heteroatoms. The smallest absolute Gasteiger partial charge is 0.147 e. The van der Waals surface area contributed by atoms with Gasteiger partial charge in [0.05, 0.1) is 0 Å². The summed E-state index contributed by atoms with van der Waals surface area (Å²) in [5.74, 6) is 0. The van der Waals surface area contributed by atoms with Gasteiger partial charge in [-0.05, 0) is 38.5 Å². The molecule has 2 N–H and O–H groups in total. The zero-order chi connectivity index (χ0) is 10.6. The summed E-state index contributed by atoms with van der Waals surface area (Å²) in [6.07, 6.45) is 10.3. The highest BCUT2D eigenvalue weighted by Gasteiger charge is 2.59. The maximum absolute atomic E-state index is 4.68. The largest absolute Gasteiger partial charge is 0.284 e. The van der Waals surface area contributed by atoms with Gasteiger partial charge in [0, 0.05) is 12.1 Å². The molecule has 2 saturated heterocycles. The molecule has 88 valence electrons. The zero-order valence-corrected chi connectivity index (χ0v) is 9.71. The zero-order valence-electron chi connectivity index (χ0n) is 9.71. The second-order valence-corrected chi connectivity index (χ2v) is 5.93.